The highest BCUT2D eigenvalue weighted by atomic mass is 32.2. The second kappa shape index (κ2) is 8.39. The Morgan fingerprint density at radius 1 is 1.21 bits per heavy atom. The van der Waals surface area contributed by atoms with Gasteiger partial charge in [-0.25, -0.2) is 12.8 Å². The zero-order valence-electron chi connectivity index (χ0n) is 13.0. The van der Waals surface area contributed by atoms with Gasteiger partial charge in [0.2, 0.25) is 0 Å². The van der Waals surface area contributed by atoms with Crippen molar-refractivity contribution >= 4 is 15.8 Å². The molecule has 2 aromatic rings. The van der Waals surface area contributed by atoms with Gasteiger partial charge in [-0.05, 0) is 24.3 Å². The molecule has 0 bridgehead atoms. The number of hydrogen-bond acceptors (Lipinski definition) is 4. The lowest BCUT2D eigenvalue weighted by Crippen LogP contribution is -2.33. The molecule has 0 atom stereocenters. The van der Waals surface area contributed by atoms with Crippen LogP contribution in [-0.2, 0) is 16.3 Å². The fraction of sp³-hybridized carbons (Fsp3) is 0.250. The van der Waals surface area contributed by atoms with Crippen LogP contribution in [0.1, 0.15) is 5.69 Å². The van der Waals surface area contributed by atoms with Crippen molar-refractivity contribution in [2.75, 3.05) is 18.8 Å². The summed E-state index contributed by atoms with van der Waals surface area (Å²) >= 11 is 0. The van der Waals surface area contributed by atoms with E-state index in [4.69, 9.17) is 5.73 Å². The van der Waals surface area contributed by atoms with E-state index in [2.05, 4.69) is 15.3 Å². The molecule has 3 N–H and O–H groups in total. The summed E-state index contributed by atoms with van der Waals surface area (Å²) < 4.78 is 37.7. The number of aliphatic imine (C=N–C) groups is 1. The van der Waals surface area contributed by atoms with E-state index < -0.39 is 15.7 Å². The van der Waals surface area contributed by atoms with E-state index in [-0.39, 0.29) is 23.2 Å². The van der Waals surface area contributed by atoms with Gasteiger partial charge in [0.25, 0.3) is 0 Å². The molecular weight excluding hydrogens is 331 g/mol. The molecule has 0 radical (unpaired) electrons. The van der Waals surface area contributed by atoms with Crippen LogP contribution in [0.25, 0.3) is 0 Å². The van der Waals surface area contributed by atoms with Gasteiger partial charge in [0.1, 0.15) is 10.7 Å². The lowest BCUT2D eigenvalue weighted by atomic mass is 10.3. The first-order chi connectivity index (χ1) is 11.5. The standard InChI is InChI=1S/C16H19FN4O2S/c17-14-6-1-2-7-15(14)24(22,23)12-11-21-16(18)20-10-8-13-5-3-4-9-19-13/h1-7,9H,8,10-12H2,(H3,18,20,21). The Hall–Kier alpha value is -2.48. The van der Waals surface area contributed by atoms with Crippen LogP contribution in [0.4, 0.5) is 4.39 Å². The highest BCUT2D eigenvalue weighted by molar-refractivity contribution is 7.91. The SMILES string of the molecule is NC(=NCCS(=O)(=O)c1ccccc1F)NCCc1ccccn1. The van der Waals surface area contributed by atoms with Crippen LogP contribution in [0, 0.1) is 5.82 Å². The van der Waals surface area contributed by atoms with Gasteiger partial charge in [-0.15, -0.1) is 0 Å². The molecule has 1 aromatic carbocycles. The number of nitrogens with one attached hydrogen (secondary N) is 1. The number of nitrogens with zero attached hydrogens (tertiary/aromatic N) is 2. The predicted octanol–water partition coefficient (Wildman–Crippen LogP) is 1.14. The third-order valence-corrected chi connectivity index (χ3v) is 4.95. The van der Waals surface area contributed by atoms with Crippen LogP contribution in [0.5, 0.6) is 0 Å². The molecule has 0 saturated heterocycles. The normalized spacial score (nSPS) is 12.1. The molecule has 24 heavy (non-hydrogen) atoms. The van der Waals surface area contributed by atoms with E-state index in [0.29, 0.717) is 13.0 Å². The first-order valence-corrected chi connectivity index (χ1v) is 9.05. The van der Waals surface area contributed by atoms with E-state index in [1.165, 1.54) is 18.2 Å². The van der Waals surface area contributed by atoms with Crippen molar-refractivity contribution in [3.63, 3.8) is 0 Å². The number of halogens is 1. The summed E-state index contributed by atoms with van der Waals surface area (Å²) in [4.78, 5) is 7.82. The minimum Gasteiger partial charge on any atom is -0.370 e. The third-order valence-electron chi connectivity index (χ3n) is 3.23. The van der Waals surface area contributed by atoms with E-state index in [1.807, 2.05) is 18.2 Å². The average Bonchev–Trinajstić information content (AvgIpc) is 2.56. The summed E-state index contributed by atoms with van der Waals surface area (Å²) in [6.07, 6.45) is 2.38. The molecule has 0 amide bonds. The lowest BCUT2D eigenvalue weighted by molar-refractivity contribution is 0.567. The number of sulfone groups is 1. The molecule has 1 heterocycles. The van der Waals surface area contributed by atoms with Crippen molar-refractivity contribution in [3.05, 3.63) is 60.2 Å². The van der Waals surface area contributed by atoms with Gasteiger partial charge in [0.05, 0.1) is 12.3 Å². The van der Waals surface area contributed by atoms with Crippen LogP contribution < -0.4 is 11.1 Å². The molecule has 0 unspecified atom stereocenters. The zero-order chi connectivity index (χ0) is 17.4. The second-order valence-electron chi connectivity index (χ2n) is 5.01. The molecular formula is C16H19FN4O2S. The maximum Gasteiger partial charge on any atom is 0.188 e. The highest BCUT2D eigenvalue weighted by Gasteiger charge is 2.17. The van der Waals surface area contributed by atoms with Crippen LogP contribution in [0.2, 0.25) is 0 Å². The number of aromatic nitrogens is 1. The summed E-state index contributed by atoms with van der Waals surface area (Å²) in [5.41, 5.74) is 6.60. The number of pyridine rings is 1. The molecule has 0 aliphatic carbocycles. The maximum absolute atomic E-state index is 13.5. The number of hydrogen-bond donors (Lipinski definition) is 2. The van der Waals surface area contributed by atoms with Gasteiger partial charge in [-0.3, -0.25) is 9.98 Å². The largest absolute Gasteiger partial charge is 0.370 e. The first kappa shape index (κ1) is 17.9. The molecule has 6 nitrogen and oxygen atoms in total. The smallest absolute Gasteiger partial charge is 0.188 e. The van der Waals surface area contributed by atoms with Crippen LogP contribution >= 0.6 is 0 Å². The molecule has 0 aliphatic rings. The fourth-order valence-corrected chi connectivity index (χ4v) is 3.22. The number of rotatable bonds is 7. The summed E-state index contributed by atoms with van der Waals surface area (Å²) in [5.74, 6) is -0.922. The average molecular weight is 350 g/mol. The van der Waals surface area contributed by atoms with Gasteiger partial charge in [0.15, 0.2) is 15.8 Å². The predicted molar refractivity (Wildman–Crippen MR) is 90.9 cm³/mol. The highest BCUT2D eigenvalue weighted by Crippen LogP contribution is 2.14. The first-order valence-electron chi connectivity index (χ1n) is 7.40. The van der Waals surface area contributed by atoms with Gasteiger partial charge in [-0.2, -0.15) is 0 Å². The van der Waals surface area contributed by atoms with Crippen molar-refractivity contribution < 1.29 is 12.8 Å². The summed E-state index contributed by atoms with van der Waals surface area (Å²) in [5, 5.41) is 2.89. The monoisotopic (exact) mass is 350 g/mol. The Balaban J connectivity index is 1.81. The van der Waals surface area contributed by atoms with Crippen LogP contribution in [0.15, 0.2) is 58.5 Å². The minimum atomic E-state index is -3.73. The van der Waals surface area contributed by atoms with Crippen molar-refractivity contribution in [3.8, 4) is 0 Å². The van der Waals surface area contributed by atoms with E-state index in [1.54, 1.807) is 6.20 Å². The van der Waals surface area contributed by atoms with E-state index in [9.17, 15) is 12.8 Å². The van der Waals surface area contributed by atoms with E-state index in [0.717, 1.165) is 11.8 Å². The van der Waals surface area contributed by atoms with Crippen molar-refractivity contribution in [1.82, 2.24) is 10.3 Å². The van der Waals surface area contributed by atoms with Crippen molar-refractivity contribution in [2.24, 2.45) is 10.7 Å². The molecule has 2 rings (SSSR count). The molecule has 1 aromatic heterocycles. The van der Waals surface area contributed by atoms with Gasteiger partial charge in [0, 0.05) is 24.9 Å². The Bertz CT molecular complexity index is 795. The zero-order valence-corrected chi connectivity index (χ0v) is 13.8. The minimum absolute atomic E-state index is 0.0426. The number of guanidine groups is 1. The number of nitrogens with two attached hydrogens (primary N) is 1. The summed E-state index contributed by atoms with van der Waals surface area (Å²) in [6.45, 7) is 0.492. The molecule has 8 heteroatoms. The summed E-state index contributed by atoms with van der Waals surface area (Å²) in [7, 11) is -3.73. The molecule has 0 saturated carbocycles. The Morgan fingerprint density at radius 2 is 1.96 bits per heavy atom. The second-order valence-corrected chi connectivity index (χ2v) is 7.09. The Labute approximate surface area is 140 Å². The van der Waals surface area contributed by atoms with Gasteiger partial charge >= 0.3 is 0 Å². The topological polar surface area (TPSA) is 97.4 Å². The quantitative estimate of drug-likeness (QED) is 0.576. The van der Waals surface area contributed by atoms with Crippen LogP contribution in [-0.4, -0.2) is 38.2 Å². The van der Waals surface area contributed by atoms with Crippen molar-refractivity contribution in [1.29, 1.82) is 0 Å². The Morgan fingerprint density at radius 3 is 2.67 bits per heavy atom. The third kappa shape index (κ3) is 5.31. The molecule has 0 aliphatic heterocycles. The molecule has 128 valence electrons. The Kier molecular flexibility index (Phi) is 6.25. The van der Waals surface area contributed by atoms with Gasteiger partial charge < -0.3 is 11.1 Å². The van der Waals surface area contributed by atoms with Crippen molar-refractivity contribution in [2.45, 2.75) is 11.3 Å². The lowest BCUT2D eigenvalue weighted by Gasteiger charge is -2.06. The van der Waals surface area contributed by atoms with Crippen LogP contribution in [0.3, 0.4) is 0 Å². The maximum atomic E-state index is 13.5. The number of benzene rings is 1. The van der Waals surface area contributed by atoms with Gasteiger partial charge in [-0.1, -0.05) is 18.2 Å². The molecule has 0 fully saturated rings. The summed E-state index contributed by atoms with van der Waals surface area (Å²) in [6, 6.07) is 10.9. The molecule has 0 spiro atoms. The van der Waals surface area contributed by atoms with E-state index >= 15 is 0 Å². The fourth-order valence-electron chi connectivity index (χ4n) is 2.01.